The first-order chi connectivity index (χ1) is 6.79. The molecule has 0 atom stereocenters. The van der Waals surface area contributed by atoms with Gasteiger partial charge in [0, 0.05) is 5.56 Å². The van der Waals surface area contributed by atoms with Gasteiger partial charge in [0.1, 0.15) is 6.29 Å². The SMILES string of the molecule is O=Cc1ccc(F)c(OC2CCC2)c1. The Hall–Kier alpha value is -1.38. The fourth-order valence-corrected chi connectivity index (χ4v) is 1.35. The number of aldehydes is 1. The van der Waals surface area contributed by atoms with E-state index >= 15 is 0 Å². The number of hydrogen-bond donors (Lipinski definition) is 0. The van der Waals surface area contributed by atoms with Crippen molar-refractivity contribution in [1.29, 1.82) is 0 Å². The minimum atomic E-state index is -0.400. The molecule has 0 amide bonds. The highest BCUT2D eigenvalue weighted by atomic mass is 19.1. The fraction of sp³-hybridized carbons (Fsp3) is 0.364. The van der Waals surface area contributed by atoms with Crippen LogP contribution in [0, 0.1) is 5.82 Å². The van der Waals surface area contributed by atoms with Crippen molar-refractivity contribution < 1.29 is 13.9 Å². The van der Waals surface area contributed by atoms with Crippen molar-refractivity contribution in [2.75, 3.05) is 0 Å². The van der Waals surface area contributed by atoms with Gasteiger partial charge in [-0.05, 0) is 37.5 Å². The van der Waals surface area contributed by atoms with Gasteiger partial charge < -0.3 is 4.74 Å². The second-order valence-corrected chi connectivity index (χ2v) is 3.48. The van der Waals surface area contributed by atoms with Crippen LogP contribution in [0.2, 0.25) is 0 Å². The Morgan fingerprint density at radius 1 is 1.43 bits per heavy atom. The molecule has 0 heterocycles. The smallest absolute Gasteiger partial charge is 0.165 e. The lowest BCUT2D eigenvalue weighted by molar-refractivity contribution is 0.110. The molecular weight excluding hydrogens is 183 g/mol. The van der Waals surface area contributed by atoms with E-state index in [9.17, 15) is 9.18 Å². The molecule has 0 aliphatic heterocycles. The zero-order valence-corrected chi connectivity index (χ0v) is 7.70. The van der Waals surface area contributed by atoms with E-state index in [1.807, 2.05) is 0 Å². The van der Waals surface area contributed by atoms with E-state index in [2.05, 4.69) is 0 Å². The van der Waals surface area contributed by atoms with Crippen LogP contribution in [0.4, 0.5) is 4.39 Å². The summed E-state index contributed by atoms with van der Waals surface area (Å²) < 4.78 is 18.6. The Labute approximate surface area is 81.7 Å². The third-order valence-electron chi connectivity index (χ3n) is 2.44. The molecule has 0 spiro atoms. The molecule has 1 fully saturated rings. The van der Waals surface area contributed by atoms with E-state index in [-0.39, 0.29) is 11.9 Å². The van der Waals surface area contributed by atoms with Crippen molar-refractivity contribution in [1.82, 2.24) is 0 Å². The lowest BCUT2D eigenvalue weighted by Crippen LogP contribution is -2.25. The van der Waals surface area contributed by atoms with Gasteiger partial charge in [-0.25, -0.2) is 4.39 Å². The summed E-state index contributed by atoms with van der Waals surface area (Å²) in [7, 11) is 0. The fourth-order valence-electron chi connectivity index (χ4n) is 1.35. The van der Waals surface area contributed by atoms with Crippen molar-refractivity contribution >= 4 is 6.29 Å². The monoisotopic (exact) mass is 194 g/mol. The summed E-state index contributed by atoms with van der Waals surface area (Å²) in [4.78, 5) is 10.5. The molecule has 0 unspecified atom stereocenters. The molecule has 2 nitrogen and oxygen atoms in total. The van der Waals surface area contributed by atoms with Crippen LogP contribution in [-0.4, -0.2) is 12.4 Å². The first-order valence-electron chi connectivity index (χ1n) is 4.71. The van der Waals surface area contributed by atoms with Gasteiger partial charge in [-0.15, -0.1) is 0 Å². The van der Waals surface area contributed by atoms with Crippen LogP contribution < -0.4 is 4.74 Å². The summed E-state index contributed by atoms with van der Waals surface area (Å²) in [6, 6.07) is 4.15. The lowest BCUT2D eigenvalue weighted by atomic mass is 9.96. The zero-order chi connectivity index (χ0) is 9.97. The van der Waals surface area contributed by atoms with Gasteiger partial charge in [-0.3, -0.25) is 4.79 Å². The van der Waals surface area contributed by atoms with Gasteiger partial charge in [-0.2, -0.15) is 0 Å². The van der Waals surface area contributed by atoms with Crippen LogP contribution in [0.1, 0.15) is 29.6 Å². The number of halogens is 1. The number of carbonyl (C=O) groups excluding carboxylic acids is 1. The average Bonchev–Trinajstić information content (AvgIpc) is 2.14. The van der Waals surface area contributed by atoms with Crippen LogP contribution in [0.15, 0.2) is 18.2 Å². The predicted molar refractivity (Wildman–Crippen MR) is 50.1 cm³/mol. The quantitative estimate of drug-likeness (QED) is 0.691. The minimum absolute atomic E-state index is 0.131. The summed E-state index contributed by atoms with van der Waals surface area (Å²) in [5.41, 5.74) is 0.445. The third-order valence-corrected chi connectivity index (χ3v) is 2.44. The molecule has 14 heavy (non-hydrogen) atoms. The first kappa shape index (κ1) is 9.19. The van der Waals surface area contributed by atoms with Crippen LogP contribution in [0.3, 0.4) is 0 Å². The third kappa shape index (κ3) is 1.76. The highest BCUT2D eigenvalue weighted by Gasteiger charge is 2.20. The van der Waals surface area contributed by atoms with E-state index in [0.29, 0.717) is 11.8 Å². The topological polar surface area (TPSA) is 26.3 Å². The molecule has 1 aliphatic rings. The molecule has 0 N–H and O–H groups in total. The molecule has 0 bridgehead atoms. The number of carbonyl (C=O) groups is 1. The zero-order valence-electron chi connectivity index (χ0n) is 7.70. The summed E-state index contributed by atoms with van der Waals surface area (Å²) >= 11 is 0. The Morgan fingerprint density at radius 2 is 2.21 bits per heavy atom. The van der Waals surface area contributed by atoms with Crippen molar-refractivity contribution in [2.45, 2.75) is 25.4 Å². The Kier molecular flexibility index (Phi) is 2.48. The summed E-state index contributed by atoms with van der Waals surface area (Å²) in [6.07, 6.45) is 3.91. The molecule has 1 aromatic carbocycles. The number of benzene rings is 1. The second-order valence-electron chi connectivity index (χ2n) is 3.48. The molecule has 74 valence electrons. The minimum Gasteiger partial charge on any atom is -0.487 e. The van der Waals surface area contributed by atoms with Gasteiger partial charge in [-0.1, -0.05) is 0 Å². The maximum Gasteiger partial charge on any atom is 0.165 e. The molecule has 1 saturated carbocycles. The average molecular weight is 194 g/mol. The normalized spacial score (nSPS) is 16.1. The van der Waals surface area contributed by atoms with E-state index in [4.69, 9.17) is 4.74 Å². The summed E-state index contributed by atoms with van der Waals surface area (Å²) in [5, 5.41) is 0. The van der Waals surface area contributed by atoms with Crippen molar-refractivity contribution in [2.24, 2.45) is 0 Å². The van der Waals surface area contributed by atoms with Crippen LogP contribution >= 0.6 is 0 Å². The van der Waals surface area contributed by atoms with Gasteiger partial charge in [0.15, 0.2) is 11.6 Å². The molecule has 1 aliphatic carbocycles. The lowest BCUT2D eigenvalue weighted by Gasteiger charge is -2.26. The molecule has 3 heteroatoms. The molecule has 0 aromatic heterocycles. The van der Waals surface area contributed by atoms with Gasteiger partial charge in [0.25, 0.3) is 0 Å². The molecular formula is C11H11FO2. The molecule has 2 rings (SSSR count). The summed E-state index contributed by atoms with van der Waals surface area (Å²) in [6.45, 7) is 0. The Bertz CT molecular complexity index is 345. The van der Waals surface area contributed by atoms with Crippen LogP contribution in [0.5, 0.6) is 5.75 Å². The molecule has 0 saturated heterocycles. The van der Waals surface area contributed by atoms with E-state index < -0.39 is 5.82 Å². The first-order valence-corrected chi connectivity index (χ1v) is 4.71. The van der Waals surface area contributed by atoms with Gasteiger partial charge >= 0.3 is 0 Å². The molecule has 1 aromatic rings. The van der Waals surface area contributed by atoms with E-state index in [0.717, 1.165) is 19.3 Å². The van der Waals surface area contributed by atoms with Crippen molar-refractivity contribution in [3.8, 4) is 5.75 Å². The van der Waals surface area contributed by atoms with Crippen LogP contribution in [-0.2, 0) is 0 Å². The highest BCUT2D eigenvalue weighted by Crippen LogP contribution is 2.27. The van der Waals surface area contributed by atoms with Crippen LogP contribution in [0.25, 0.3) is 0 Å². The highest BCUT2D eigenvalue weighted by molar-refractivity contribution is 5.75. The standard InChI is InChI=1S/C11H11FO2/c12-10-5-4-8(7-13)6-11(10)14-9-2-1-3-9/h4-7,9H,1-3H2. The Morgan fingerprint density at radius 3 is 2.79 bits per heavy atom. The number of hydrogen-bond acceptors (Lipinski definition) is 2. The summed E-state index contributed by atoms with van der Waals surface area (Å²) in [5.74, 6) is -0.207. The Balaban J connectivity index is 2.16. The van der Waals surface area contributed by atoms with Gasteiger partial charge in [0.2, 0.25) is 0 Å². The van der Waals surface area contributed by atoms with Crippen molar-refractivity contribution in [3.05, 3.63) is 29.6 Å². The predicted octanol–water partition coefficient (Wildman–Crippen LogP) is 2.57. The van der Waals surface area contributed by atoms with E-state index in [1.54, 1.807) is 0 Å². The molecule has 0 radical (unpaired) electrons. The van der Waals surface area contributed by atoms with E-state index in [1.165, 1.54) is 18.2 Å². The maximum absolute atomic E-state index is 13.2. The number of ether oxygens (including phenoxy) is 1. The maximum atomic E-state index is 13.2. The van der Waals surface area contributed by atoms with Crippen molar-refractivity contribution in [3.63, 3.8) is 0 Å². The largest absolute Gasteiger partial charge is 0.487 e. The van der Waals surface area contributed by atoms with Gasteiger partial charge in [0.05, 0.1) is 6.10 Å². The number of rotatable bonds is 3. The second kappa shape index (κ2) is 3.78.